The number of nitrogens with zero attached hydrogens (tertiary/aromatic N) is 4. The lowest BCUT2D eigenvalue weighted by Gasteiger charge is -2.34. The maximum Gasteiger partial charge on any atom is 0.231 e. The molecule has 2 aliphatic heterocycles. The molecule has 8 heteroatoms. The van der Waals surface area contributed by atoms with Crippen molar-refractivity contribution in [3.05, 3.63) is 41.7 Å². The number of ether oxygens (including phenoxy) is 3. The zero-order chi connectivity index (χ0) is 18.6. The monoisotopic (exact) mass is 371 g/mol. The molecule has 1 atom stereocenters. The normalized spacial score (nSPS) is 19.4. The topological polar surface area (TPSA) is 73.1 Å². The van der Waals surface area contributed by atoms with Crippen LogP contribution in [0.3, 0.4) is 0 Å². The van der Waals surface area contributed by atoms with Crippen molar-refractivity contribution in [3.8, 4) is 11.5 Å². The molecule has 0 spiro atoms. The van der Waals surface area contributed by atoms with Gasteiger partial charge in [0.05, 0.1) is 19.3 Å². The first-order valence-corrected chi connectivity index (χ1v) is 9.17. The molecule has 1 aromatic heterocycles. The number of hydrogen-bond donors (Lipinski definition) is 1. The van der Waals surface area contributed by atoms with Crippen molar-refractivity contribution in [2.45, 2.75) is 12.5 Å². The lowest BCUT2D eigenvalue weighted by molar-refractivity contribution is -0.00800. The Kier molecular flexibility index (Phi) is 5.15. The Morgan fingerprint density at radius 2 is 2.22 bits per heavy atom. The van der Waals surface area contributed by atoms with E-state index in [9.17, 15) is 0 Å². The molecule has 1 unspecified atom stereocenters. The number of aromatic nitrogens is 2. The van der Waals surface area contributed by atoms with E-state index in [-0.39, 0.29) is 6.10 Å². The Hall–Kier alpha value is -2.74. The number of nitrogens with one attached hydrogen (secondary N) is 1. The minimum Gasteiger partial charge on any atom is -0.454 e. The first kappa shape index (κ1) is 17.7. The van der Waals surface area contributed by atoms with Crippen LogP contribution in [0.2, 0.25) is 0 Å². The van der Waals surface area contributed by atoms with Gasteiger partial charge in [0.15, 0.2) is 17.5 Å². The molecule has 1 fully saturated rings. The van der Waals surface area contributed by atoms with Crippen LogP contribution in [0.5, 0.6) is 11.5 Å². The van der Waals surface area contributed by atoms with E-state index in [0.717, 1.165) is 49.1 Å². The standard InChI is InChI=1S/C19H25N5O3/c1-20-19(21-6-5-14-3-4-16-17(9-14)27-13-26-16)24-7-8-25-18(12-24)15-10-22-23(2)11-15/h3-4,9-11,18H,5-8,12-13H2,1-2H3,(H,20,21). The van der Waals surface area contributed by atoms with E-state index in [1.807, 2.05) is 38.6 Å². The second-order valence-corrected chi connectivity index (χ2v) is 6.66. The summed E-state index contributed by atoms with van der Waals surface area (Å²) in [4.78, 5) is 6.68. The van der Waals surface area contributed by atoms with Gasteiger partial charge in [0.1, 0.15) is 6.10 Å². The van der Waals surface area contributed by atoms with Gasteiger partial charge in [0, 0.05) is 38.9 Å². The molecule has 1 aromatic carbocycles. The average Bonchev–Trinajstić information content (AvgIpc) is 3.34. The lowest BCUT2D eigenvalue weighted by Crippen LogP contribution is -2.48. The molecule has 1 saturated heterocycles. The smallest absolute Gasteiger partial charge is 0.231 e. The number of rotatable bonds is 4. The van der Waals surface area contributed by atoms with Gasteiger partial charge in [-0.3, -0.25) is 9.67 Å². The third-order valence-electron chi connectivity index (χ3n) is 4.81. The molecule has 0 radical (unpaired) electrons. The fourth-order valence-corrected chi connectivity index (χ4v) is 3.40. The van der Waals surface area contributed by atoms with Gasteiger partial charge < -0.3 is 24.4 Å². The number of benzene rings is 1. The van der Waals surface area contributed by atoms with Crippen molar-refractivity contribution in [3.63, 3.8) is 0 Å². The molecule has 0 aliphatic carbocycles. The highest BCUT2D eigenvalue weighted by Crippen LogP contribution is 2.32. The predicted octanol–water partition coefficient (Wildman–Crippen LogP) is 1.34. The number of guanidine groups is 1. The lowest BCUT2D eigenvalue weighted by atomic mass is 10.1. The van der Waals surface area contributed by atoms with Gasteiger partial charge in [0.2, 0.25) is 6.79 Å². The first-order valence-electron chi connectivity index (χ1n) is 9.17. The van der Waals surface area contributed by atoms with Crippen molar-refractivity contribution < 1.29 is 14.2 Å². The summed E-state index contributed by atoms with van der Waals surface area (Å²) in [5, 5.41) is 7.70. The number of aryl methyl sites for hydroxylation is 1. The predicted molar refractivity (Wildman–Crippen MR) is 101 cm³/mol. The van der Waals surface area contributed by atoms with Gasteiger partial charge in [-0.1, -0.05) is 6.07 Å². The number of morpholine rings is 1. The molecule has 0 amide bonds. The highest BCUT2D eigenvalue weighted by Gasteiger charge is 2.25. The molecular formula is C19H25N5O3. The van der Waals surface area contributed by atoms with Gasteiger partial charge in [-0.2, -0.15) is 5.10 Å². The summed E-state index contributed by atoms with van der Waals surface area (Å²) in [7, 11) is 3.73. The van der Waals surface area contributed by atoms with Crippen molar-refractivity contribution in [2.24, 2.45) is 12.0 Å². The minimum atomic E-state index is 0.0138. The molecule has 0 saturated carbocycles. The zero-order valence-corrected chi connectivity index (χ0v) is 15.7. The third-order valence-corrected chi connectivity index (χ3v) is 4.81. The second kappa shape index (κ2) is 7.87. The summed E-state index contributed by atoms with van der Waals surface area (Å²) >= 11 is 0. The van der Waals surface area contributed by atoms with Crippen LogP contribution >= 0.6 is 0 Å². The number of hydrogen-bond acceptors (Lipinski definition) is 5. The summed E-state index contributed by atoms with van der Waals surface area (Å²) in [5.41, 5.74) is 2.30. The van der Waals surface area contributed by atoms with Crippen LogP contribution in [-0.2, 0) is 18.2 Å². The molecule has 2 aliphatic rings. The summed E-state index contributed by atoms with van der Waals surface area (Å²) < 4.78 is 18.5. The molecule has 8 nitrogen and oxygen atoms in total. The van der Waals surface area contributed by atoms with Crippen LogP contribution in [0.25, 0.3) is 0 Å². The van der Waals surface area contributed by atoms with E-state index < -0.39 is 0 Å². The van der Waals surface area contributed by atoms with Crippen LogP contribution < -0.4 is 14.8 Å². The second-order valence-electron chi connectivity index (χ2n) is 6.66. The molecule has 2 aromatic rings. The van der Waals surface area contributed by atoms with Crippen LogP contribution in [-0.4, -0.2) is 60.7 Å². The van der Waals surface area contributed by atoms with E-state index in [2.05, 4.69) is 26.4 Å². The van der Waals surface area contributed by atoms with E-state index in [0.29, 0.717) is 13.4 Å². The summed E-state index contributed by atoms with van der Waals surface area (Å²) in [6, 6.07) is 6.08. The summed E-state index contributed by atoms with van der Waals surface area (Å²) in [6.45, 7) is 3.35. The maximum atomic E-state index is 5.92. The fraction of sp³-hybridized carbons (Fsp3) is 0.474. The molecule has 0 bridgehead atoms. The SMILES string of the molecule is CN=C(NCCc1ccc2c(c1)OCO2)N1CCOC(c2cnn(C)c2)C1. The molecule has 144 valence electrons. The van der Waals surface area contributed by atoms with E-state index in [4.69, 9.17) is 14.2 Å². The minimum absolute atomic E-state index is 0.0138. The van der Waals surface area contributed by atoms with Crippen LogP contribution in [0.15, 0.2) is 35.6 Å². The Bertz CT molecular complexity index is 819. The molecule has 1 N–H and O–H groups in total. The molecule has 4 rings (SSSR count). The maximum absolute atomic E-state index is 5.92. The van der Waals surface area contributed by atoms with Gasteiger partial charge >= 0.3 is 0 Å². The average molecular weight is 371 g/mol. The fourth-order valence-electron chi connectivity index (χ4n) is 3.40. The third kappa shape index (κ3) is 4.00. The van der Waals surface area contributed by atoms with Gasteiger partial charge in [0.25, 0.3) is 0 Å². The van der Waals surface area contributed by atoms with Crippen LogP contribution in [0, 0.1) is 0 Å². The first-order chi connectivity index (χ1) is 13.2. The van der Waals surface area contributed by atoms with Crippen LogP contribution in [0.1, 0.15) is 17.2 Å². The van der Waals surface area contributed by atoms with Crippen molar-refractivity contribution in [1.82, 2.24) is 20.0 Å². The van der Waals surface area contributed by atoms with E-state index in [1.54, 1.807) is 4.68 Å². The Morgan fingerprint density at radius 1 is 1.33 bits per heavy atom. The largest absolute Gasteiger partial charge is 0.454 e. The van der Waals surface area contributed by atoms with Gasteiger partial charge in [-0.15, -0.1) is 0 Å². The van der Waals surface area contributed by atoms with Crippen molar-refractivity contribution in [2.75, 3.05) is 40.1 Å². The Labute approximate surface area is 158 Å². The van der Waals surface area contributed by atoms with Crippen molar-refractivity contribution >= 4 is 5.96 Å². The van der Waals surface area contributed by atoms with E-state index in [1.165, 1.54) is 5.56 Å². The van der Waals surface area contributed by atoms with E-state index >= 15 is 0 Å². The van der Waals surface area contributed by atoms with Gasteiger partial charge in [-0.05, 0) is 24.1 Å². The van der Waals surface area contributed by atoms with Crippen LogP contribution in [0.4, 0.5) is 0 Å². The summed E-state index contributed by atoms with van der Waals surface area (Å²) in [5.74, 6) is 2.54. The Balaban J connectivity index is 1.32. The quantitative estimate of drug-likeness (QED) is 0.646. The Morgan fingerprint density at radius 3 is 3.04 bits per heavy atom. The molecule has 27 heavy (non-hydrogen) atoms. The number of aliphatic imine (C=N–C) groups is 1. The highest BCUT2D eigenvalue weighted by molar-refractivity contribution is 5.80. The van der Waals surface area contributed by atoms with Crippen molar-refractivity contribution in [1.29, 1.82) is 0 Å². The molecular weight excluding hydrogens is 346 g/mol. The molecule has 3 heterocycles. The highest BCUT2D eigenvalue weighted by atomic mass is 16.7. The number of fused-ring (bicyclic) bond motifs is 1. The summed E-state index contributed by atoms with van der Waals surface area (Å²) in [6.07, 6.45) is 4.76. The van der Waals surface area contributed by atoms with Gasteiger partial charge in [-0.25, -0.2) is 0 Å². The zero-order valence-electron chi connectivity index (χ0n) is 15.7.